The van der Waals surface area contributed by atoms with E-state index in [1.807, 2.05) is 74.4 Å². The summed E-state index contributed by atoms with van der Waals surface area (Å²) in [5.41, 5.74) is 15.1. The van der Waals surface area contributed by atoms with Crippen LogP contribution in [0.15, 0.2) is 68.1 Å². The van der Waals surface area contributed by atoms with Gasteiger partial charge in [0.25, 0.3) is 9.05 Å². The predicted octanol–water partition coefficient (Wildman–Crippen LogP) is 12.7. The van der Waals surface area contributed by atoms with Crippen LogP contribution in [0.25, 0.3) is 0 Å². The van der Waals surface area contributed by atoms with Gasteiger partial charge >= 0.3 is 11.9 Å². The van der Waals surface area contributed by atoms with E-state index in [-0.39, 0.29) is 65.6 Å². The van der Waals surface area contributed by atoms with Gasteiger partial charge in [-0.15, -0.1) is 0 Å². The normalized spacial score (nSPS) is 11.5. The molecule has 0 spiro atoms. The van der Waals surface area contributed by atoms with Crippen LogP contribution in [0.5, 0.6) is 34.5 Å². The molecule has 0 aliphatic rings. The second-order valence-corrected chi connectivity index (χ2v) is 34.7. The van der Waals surface area contributed by atoms with E-state index in [2.05, 4.69) is 32.9 Å². The Morgan fingerprint density at radius 1 is 0.400 bits per heavy atom. The van der Waals surface area contributed by atoms with Crippen molar-refractivity contribution in [3.05, 3.63) is 149 Å². The summed E-state index contributed by atoms with van der Waals surface area (Å²) in [5, 5.41) is 26.8. The number of carboxylic acids is 1. The molecular weight excluding hydrogens is 1450 g/mol. The van der Waals surface area contributed by atoms with Crippen molar-refractivity contribution in [2.45, 2.75) is 171 Å². The molecule has 24 nitrogen and oxygen atoms in total. The van der Waals surface area contributed by atoms with E-state index in [1.54, 1.807) is 116 Å². The van der Waals surface area contributed by atoms with Gasteiger partial charge in [0.05, 0.1) is 75.0 Å². The first kappa shape index (κ1) is 95.9. The minimum Gasteiger partial charge on any atom is -0.507 e. The fraction of sp³-hybridized carbons (Fsp3) is 0.500. The first-order valence-corrected chi connectivity index (χ1v) is 39.9. The highest BCUT2D eigenvalue weighted by molar-refractivity contribution is 8.13. The molecule has 6 aromatic rings. The Labute approximate surface area is 630 Å². The minimum atomic E-state index is -3.69. The monoisotopic (exact) mass is 1570 g/mol. The molecule has 0 bridgehead atoms. The second kappa shape index (κ2) is 41.9. The highest BCUT2D eigenvalue weighted by atomic mass is 35.7. The number of sulfonamides is 3. The Bertz CT molecular complexity index is 4430. The number of benzene rings is 6. The summed E-state index contributed by atoms with van der Waals surface area (Å²) < 4.78 is 144. The molecular formula is C76H114ClN3O21S4. The largest absolute Gasteiger partial charge is 0.507 e. The van der Waals surface area contributed by atoms with E-state index in [4.69, 9.17) is 58.8 Å². The lowest BCUT2D eigenvalue weighted by Gasteiger charge is -2.22. The molecule has 3 N–H and O–H groups in total. The zero-order valence-electron chi connectivity index (χ0n) is 66.8. The maximum atomic E-state index is 12.9. The number of aliphatic carboxylic acids is 1. The molecule has 0 heterocycles. The predicted molar refractivity (Wildman–Crippen MR) is 413 cm³/mol. The summed E-state index contributed by atoms with van der Waals surface area (Å²) >= 11 is 0. The molecule has 0 amide bonds. The third kappa shape index (κ3) is 26.7. The number of hydrogen-bond donors (Lipinski definition) is 3. The van der Waals surface area contributed by atoms with Crippen LogP contribution < -0.4 is 23.7 Å². The first-order chi connectivity index (χ1) is 48.3. The maximum absolute atomic E-state index is 12.9. The Balaban J connectivity index is 0.000000649. The molecule has 6 aromatic carbocycles. The number of carbonyl (C=O) groups is 2. The van der Waals surface area contributed by atoms with Gasteiger partial charge in [0.1, 0.15) is 53.3 Å². The van der Waals surface area contributed by atoms with Crippen molar-refractivity contribution in [3.63, 3.8) is 0 Å². The van der Waals surface area contributed by atoms with Crippen molar-refractivity contribution in [1.82, 2.24) is 12.9 Å². The third-order valence-corrected chi connectivity index (χ3v) is 24.8. The van der Waals surface area contributed by atoms with Crippen LogP contribution >= 0.6 is 10.7 Å². The average Bonchev–Trinajstić information content (AvgIpc) is 0.793. The first-order valence-electron chi connectivity index (χ1n) is 33.3. The number of likely N-dealkylation sites (N-methyl/N-ethyl adjacent to an activating group) is 3. The summed E-state index contributed by atoms with van der Waals surface area (Å²) in [4.78, 5) is 22.9. The number of aliphatic hydroxyl groups excluding tert-OH is 1. The van der Waals surface area contributed by atoms with Crippen molar-refractivity contribution < 1.29 is 96.5 Å². The Hall–Kier alpha value is -7.09. The number of carbonyl (C=O) groups excluding carboxylic acids is 1. The number of aromatic hydroxyl groups is 1. The van der Waals surface area contributed by atoms with Gasteiger partial charge in [-0.2, -0.15) is 12.9 Å². The quantitative estimate of drug-likeness (QED) is 0.0288. The van der Waals surface area contributed by atoms with E-state index in [9.17, 15) is 48.4 Å². The van der Waals surface area contributed by atoms with Crippen LogP contribution in [0.4, 0.5) is 0 Å². The molecule has 29 heteroatoms. The second-order valence-electron chi connectivity index (χ2n) is 26.2. The number of aryl methyl sites for hydroxylation is 8. The fourth-order valence-electron chi connectivity index (χ4n) is 10.7. The van der Waals surface area contributed by atoms with Gasteiger partial charge in [0, 0.05) is 51.5 Å². The van der Waals surface area contributed by atoms with Crippen LogP contribution in [0.1, 0.15) is 121 Å². The number of aliphatic hydroxyl groups is 1. The van der Waals surface area contributed by atoms with Crippen molar-refractivity contribution in [2.75, 3.05) is 109 Å². The lowest BCUT2D eigenvalue weighted by atomic mass is 10.1. The molecule has 0 unspecified atom stereocenters. The molecule has 0 fully saturated rings. The van der Waals surface area contributed by atoms with Crippen LogP contribution in [0.3, 0.4) is 0 Å². The number of nitrogens with zero attached hydrogens (tertiary/aromatic N) is 3. The smallest absolute Gasteiger partial charge is 0.332 e. The number of halogens is 1. The molecule has 0 aliphatic heterocycles. The highest BCUT2D eigenvalue weighted by Crippen LogP contribution is 2.36. The number of rotatable bonds is 24. The van der Waals surface area contributed by atoms with Gasteiger partial charge in [-0.05, 0) is 270 Å². The number of hydrogen-bond acceptors (Lipinski definition) is 20. The standard InChI is InChI=1S/C19H31NO6S.C15H23NO6S.C13H21NO4S.C10H13ClO3S.C10H14O.C9H12O/c1-13-11-16(14(2)15(3)18(13)24-8)27(22,23)20(7)9-10-25-12-17(21)26-19(4,5)6;1-10-8-13(11(2)12(3)15(10)21-5)23(19,20)16(4)6-7-22-9-14(17)18;1-9-8-12(10(2)11(3)13(9)18-5)19(16,17)14(4)6-7-15;1-6-5-9(15(11,12)13)7(2)8(3)10(6)14-4;1-7-5-6-8(2)10(11-4)9(7)3;1-6-4-5-7(2)9(10)8(6)3/h11H,9-10,12H2,1-8H3;8H,6-7,9H2,1-5H3,(H,17,18);8,15H,6-7H2,1-5H3;5H,1-4H3;5-6H,1-4H3;4-5,10H,1-3H3. The zero-order chi connectivity index (χ0) is 81.5. The number of carboxylic acid groups (broad SMARTS) is 1. The molecule has 0 aromatic heterocycles. The summed E-state index contributed by atoms with van der Waals surface area (Å²) in [6, 6.07) is 14.5. The van der Waals surface area contributed by atoms with E-state index in [0.717, 1.165) is 75.6 Å². The fourth-order valence-corrected chi connectivity index (χ4v) is 16.5. The van der Waals surface area contributed by atoms with Gasteiger partial charge in [0.2, 0.25) is 30.1 Å². The molecule has 590 valence electrons. The van der Waals surface area contributed by atoms with E-state index in [0.29, 0.717) is 51.0 Å². The van der Waals surface area contributed by atoms with E-state index >= 15 is 0 Å². The molecule has 0 atom stereocenters. The molecule has 0 aliphatic carbocycles. The summed E-state index contributed by atoms with van der Waals surface area (Å²) in [5.74, 6) is 2.66. The topological polar surface area (TPSA) is 315 Å². The van der Waals surface area contributed by atoms with Gasteiger partial charge in [-0.3, -0.25) is 0 Å². The van der Waals surface area contributed by atoms with Crippen molar-refractivity contribution in [2.24, 2.45) is 0 Å². The number of ether oxygens (including phenoxy) is 8. The van der Waals surface area contributed by atoms with E-state index in [1.165, 1.54) is 48.2 Å². The average molecular weight is 1570 g/mol. The van der Waals surface area contributed by atoms with Crippen molar-refractivity contribution >= 4 is 61.7 Å². The van der Waals surface area contributed by atoms with Crippen LogP contribution in [0, 0.1) is 125 Å². The van der Waals surface area contributed by atoms with Gasteiger partial charge in [-0.1, -0.05) is 24.3 Å². The SMILES string of the molecule is COc1c(C)cc(S(=O)(=O)Cl)c(C)c1C.COc1c(C)cc(S(=O)(=O)N(C)CCO)c(C)c1C.COc1c(C)cc(S(=O)(=O)N(C)CCOCC(=O)O)c(C)c1C.COc1c(C)cc(S(=O)(=O)N(C)CCOCC(=O)OC(C)(C)C)c(C)c1C.COc1c(C)ccc(C)c1C.Cc1ccc(C)c(O)c1C. The van der Waals surface area contributed by atoms with Gasteiger partial charge < -0.3 is 53.2 Å². The lowest BCUT2D eigenvalue weighted by Crippen LogP contribution is -2.32. The Kier molecular flexibility index (Phi) is 38.3. The Morgan fingerprint density at radius 2 is 0.676 bits per heavy atom. The van der Waals surface area contributed by atoms with Crippen LogP contribution in [0.2, 0.25) is 0 Å². The molecule has 0 radical (unpaired) electrons. The third-order valence-electron chi connectivity index (χ3n) is 17.4. The number of phenolic OH excluding ortho intramolecular Hbond substituents is 1. The molecule has 6 rings (SSSR count). The summed E-state index contributed by atoms with van der Waals surface area (Å²) in [6.07, 6.45) is 0. The van der Waals surface area contributed by atoms with Crippen LogP contribution in [-0.2, 0) is 62.9 Å². The number of phenols is 1. The molecule has 0 saturated carbocycles. The van der Waals surface area contributed by atoms with E-state index < -0.39 is 63.3 Å². The van der Waals surface area contributed by atoms with Crippen LogP contribution in [-0.4, -0.2) is 189 Å². The molecule has 105 heavy (non-hydrogen) atoms. The number of methoxy groups -OCH3 is 5. The maximum Gasteiger partial charge on any atom is 0.332 e. The highest BCUT2D eigenvalue weighted by Gasteiger charge is 2.29. The van der Waals surface area contributed by atoms with Crippen molar-refractivity contribution in [1.29, 1.82) is 0 Å². The van der Waals surface area contributed by atoms with Crippen molar-refractivity contribution in [3.8, 4) is 34.5 Å². The Morgan fingerprint density at radius 3 is 0.962 bits per heavy atom. The lowest BCUT2D eigenvalue weighted by molar-refractivity contribution is -0.160. The minimum absolute atomic E-state index is 0.00912. The zero-order valence-corrected chi connectivity index (χ0v) is 70.8. The van der Waals surface area contributed by atoms with Gasteiger partial charge in [-0.25, -0.2) is 43.3 Å². The summed E-state index contributed by atoms with van der Waals surface area (Å²) in [7, 11) is 3.03. The molecule has 0 saturated heterocycles. The summed E-state index contributed by atoms with van der Waals surface area (Å²) in [6.45, 7) is 38.3. The van der Waals surface area contributed by atoms with Gasteiger partial charge in [0.15, 0.2) is 0 Å². The number of esters is 1.